The van der Waals surface area contributed by atoms with Crippen LogP contribution in [0.2, 0.25) is 0 Å². The van der Waals surface area contributed by atoms with E-state index in [1.165, 1.54) is 0 Å². The predicted molar refractivity (Wildman–Crippen MR) is 79.8 cm³/mol. The predicted octanol–water partition coefficient (Wildman–Crippen LogP) is 2.16. The maximum atomic E-state index is 12.2. The Morgan fingerprint density at radius 1 is 1.40 bits per heavy atom. The van der Waals surface area contributed by atoms with Gasteiger partial charge in [-0.05, 0) is 38.2 Å². The fourth-order valence-corrected chi connectivity index (χ4v) is 2.17. The van der Waals surface area contributed by atoms with Gasteiger partial charge in [-0.2, -0.15) is 5.10 Å². The second-order valence-corrected chi connectivity index (χ2v) is 5.82. The zero-order chi connectivity index (χ0) is 15.3. The van der Waals surface area contributed by atoms with Crippen molar-refractivity contribution in [1.29, 1.82) is 0 Å². The van der Waals surface area contributed by atoms with Crippen molar-refractivity contribution in [3.05, 3.63) is 17.5 Å². The van der Waals surface area contributed by atoms with Crippen molar-refractivity contribution in [1.82, 2.24) is 15.1 Å². The number of aromatic nitrogens is 2. The van der Waals surface area contributed by atoms with Gasteiger partial charge in [0.15, 0.2) is 0 Å². The average Bonchev–Trinajstić information content (AvgIpc) is 2.79. The van der Waals surface area contributed by atoms with E-state index in [-0.39, 0.29) is 17.9 Å². The van der Waals surface area contributed by atoms with E-state index in [9.17, 15) is 9.90 Å². The second kappa shape index (κ2) is 7.43. The summed E-state index contributed by atoms with van der Waals surface area (Å²) in [5.74, 6) is 0.466. The third kappa shape index (κ3) is 4.63. The lowest BCUT2D eigenvalue weighted by Gasteiger charge is -2.14. The number of aryl methyl sites for hydroxylation is 1. The largest absolute Gasteiger partial charge is 0.393 e. The number of aliphatic hydroxyl groups is 1. The first-order valence-electron chi connectivity index (χ1n) is 7.39. The van der Waals surface area contributed by atoms with Gasteiger partial charge < -0.3 is 10.4 Å². The van der Waals surface area contributed by atoms with E-state index in [1.54, 1.807) is 11.6 Å². The van der Waals surface area contributed by atoms with Crippen molar-refractivity contribution in [3.63, 3.8) is 0 Å². The minimum Gasteiger partial charge on any atom is -0.393 e. The molecule has 0 aliphatic carbocycles. The summed E-state index contributed by atoms with van der Waals surface area (Å²) in [6, 6.07) is 1.86. The average molecular weight is 281 g/mol. The van der Waals surface area contributed by atoms with E-state index in [0.29, 0.717) is 31.1 Å². The summed E-state index contributed by atoms with van der Waals surface area (Å²) in [7, 11) is 0. The van der Waals surface area contributed by atoms with Gasteiger partial charge in [0.2, 0.25) is 0 Å². The molecule has 1 heterocycles. The molecule has 1 aromatic rings. The van der Waals surface area contributed by atoms with Crippen molar-refractivity contribution < 1.29 is 9.90 Å². The van der Waals surface area contributed by atoms with Gasteiger partial charge in [-0.15, -0.1) is 0 Å². The topological polar surface area (TPSA) is 67.2 Å². The normalized spacial score (nSPS) is 14.3. The summed E-state index contributed by atoms with van der Waals surface area (Å²) in [6.07, 6.45) is 0.348. The molecule has 2 atom stereocenters. The standard InChI is InChI=1S/C15H27N3O2/c1-6-18-14(8-13(17-18)10(2)3)15(20)16-9-11(4)7-12(5)19/h8,10-12,19H,6-7,9H2,1-5H3,(H,16,20). The van der Waals surface area contributed by atoms with E-state index < -0.39 is 0 Å². The van der Waals surface area contributed by atoms with E-state index in [1.807, 2.05) is 19.9 Å². The molecule has 2 N–H and O–H groups in total. The molecule has 1 aromatic heterocycles. The summed E-state index contributed by atoms with van der Waals surface area (Å²) in [5, 5.41) is 16.7. The van der Waals surface area contributed by atoms with Gasteiger partial charge in [0.25, 0.3) is 5.91 Å². The molecule has 1 rings (SSSR count). The van der Waals surface area contributed by atoms with Gasteiger partial charge >= 0.3 is 0 Å². The highest BCUT2D eigenvalue weighted by atomic mass is 16.3. The van der Waals surface area contributed by atoms with E-state index in [2.05, 4.69) is 24.3 Å². The first-order valence-corrected chi connectivity index (χ1v) is 7.39. The first kappa shape index (κ1) is 16.7. The molecular weight excluding hydrogens is 254 g/mol. The highest BCUT2D eigenvalue weighted by molar-refractivity contribution is 5.92. The lowest BCUT2D eigenvalue weighted by Crippen LogP contribution is -2.31. The quantitative estimate of drug-likeness (QED) is 0.805. The van der Waals surface area contributed by atoms with Gasteiger partial charge in [-0.25, -0.2) is 0 Å². The molecule has 5 heteroatoms. The number of amides is 1. The number of carbonyl (C=O) groups excluding carboxylic acids is 1. The summed E-state index contributed by atoms with van der Waals surface area (Å²) in [5.41, 5.74) is 1.55. The minimum absolute atomic E-state index is 0.0938. The van der Waals surface area contributed by atoms with Crippen molar-refractivity contribution >= 4 is 5.91 Å². The Kier molecular flexibility index (Phi) is 6.20. The van der Waals surface area contributed by atoms with E-state index >= 15 is 0 Å². The summed E-state index contributed by atoms with van der Waals surface area (Å²) >= 11 is 0. The Bertz CT molecular complexity index is 438. The van der Waals surface area contributed by atoms with Crippen LogP contribution in [0.4, 0.5) is 0 Å². The third-order valence-electron chi connectivity index (χ3n) is 3.28. The number of nitrogens with zero attached hydrogens (tertiary/aromatic N) is 2. The van der Waals surface area contributed by atoms with Crippen LogP contribution in [0, 0.1) is 5.92 Å². The molecule has 5 nitrogen and oxygen atoms in total. The molecule has 0 saturated carbocycles. The minimum atomic E-state index is -0.337. The summed E-state index contributed by atoms with van der Waals surface area (Å²) < 4.78 is 1.74. The Hall–Kier alpha value is -1.36. The van der Waals surface area contributed by atoms with Crippen molar-refractivity contribution in [2.45, 2.75) is 59.6 Å². The van der Waals surface area contributed by atoms with E-state index in [0.717, 1.165) is 5.69 Å². The molecule has 1 amide bonds. The van der Waals surface area contributed by atoms with Gasteiger partial charge in [-0.3, -0.25) is 9.48 Å². The Morgan fingerprint density at radius 3 is 2.55 bits per heavy atom. The SMILES string of the molecule is CCn1nc(C(C)C)cc1C(=O)NCC(C)CC(C)O. The Morgan fingerprint density at radius 2 is 2.05 bits per heavy atom. The maximum Gasteiger partial charge on any atom is 0.269 e. The summed E-state index contributed by atoms with van der Waals surface area (Å²) in [4.78, 5) is 12.2. The third-order valence-corrected chi connectivity index (χ3v) is 3.28. The highest BCUT2D eigenvalue weighted by Gasteiger charge is 2.16. The van der Waals surface area contributed by atoms with Gasteiger partial charge in [0, 0.05) is 13.1 Å². The number of aliphatic hydroxyl groups excluding tert-OH is 1. The lowest BCUT2D eigenvalue weighted by molar-refractivity contribution is 0.0928. The fourth-order valence-electron chi connectivity index (χ4n) is 2.17. The molecule has 0 spiro atoms. The van der Waals surface area contributed by atoms with Crippen LogP contribution in [0.1, 0.15) is 63.1 Å². The molecule has 0 saturated heterocycles. The number of hydrogen-bond acceptors (Lipinski definition) is 3. The number of rotatable bonds is 7. The maximum absolute atomic E-state index is 12.2. The molecule has 0 aliphatic heterocycles. The molecule has 0 aliphatic rings. The smallest absolute Gasteiger partial charge is 0.269 e. The van der Waals surface area contributed by atoms with Crippen LogP contribution in [0.5, 0.6) is 0 Å². The summed E-state index contributed by atoms with van der Waals surface area (Å²) in [6.45, 7) is 11.1. The fraction of sp³-hybridized carbons (Fsp3) is 0.733. The monoisotopic (exact) mass is 281 g/mol. The molecule has 114 valence electrons. The van der Waals surface area contributed by atoms with Crippen LogP contribution in [0.15, 0.2) is 6.07 Å². The van der Waals surface area contributed by atoms with Crippen LogP contribution in [0.3, 0.4) is 0 Å². The molecule has 0 radical (unpaired) electrons. The Labute approximate surface area is 121 Å². The van der Waals surface area contributed by atoms with Gasteiger partial charge in [-0.1, -0.05) is 20.8 Å². The van der Waals surface area contributed by atoms with Crippen LogP contribution < -0.4 is 5.32 Å². The molecule has 0 aromatic carbocycles. The van der Waals surface area contributed by atoms with Crippen molar-refractivity contribution in [3.8, 4) is 0 Å². The molecular formula is C15H27N3O2. The van der Waals surface area contributed by atoms with Gasteiger partial charge in [0.1, 0.15) is 5.69 Å². The van der Waals surface area contributed by atoms with Crippen molar-refractivity contribution in [2.24, 2.45) is 5.92 Å². The van der Waals surface area contributed by atoms with Crippen molar-refractivity contribution in [2.75, 3.05) is 6.54 Å². The number of hydrogen-bond donors (Lipinski definition) is 2. The van der Waals surface area contributed by atoms with Crippen LogP contribution in [0.25, 0.3) is 0 Å². The lowest BCUT2D eigenvalue weighted by atomic mass is 10.0. The molecule has 20 heavy (non-hydrogen) atoms. The number of nitrogens with one attached hydrogen (secondary N) is 1. The molecule has 0 fully saturated rings. The second-order valence-electron chi connectivity index (χ2n) is 5.82. The number of carbonyl (C=O) groups is 1. The first-order chi connectivity index (χ1) is 9.35. The molecule has 0 bridgehead atoms. The van der Waals surface area contributed by atoms with E-state index in [4.69, 9.17) is 0 Å². The van der Waals surface area contributed by atoms with Crippen LogP contribution >= 0.6 is 0 Å². The molecule has 2 unspecified atom stereocenters. The zero-order valence-electron chi connectivity index (χ0n) is 13.2. The van der Waals surface area contributed by atoms with Gasteiger partial charge in [0.05, 0.1) is 11.8 Å². The van der Waals surface area contributed by atoms with Crippen LogP contribution in [-0.2, 0) is 6.54 Å². The van der Waals surface area contributed by atoms with Crippen LogP contribution in [-0.4, -0.2) is 33.4 Å². The zero-order valence-corrected chi connectivity index (χ0v) is 13.2. The highest BCUT2D eigenvalue weighted by Crippen LogP contribution is 2.14. The Balaban J connectivity index is 2.67.